The zero-order valence-electron chi connectivity index (χ0n) is 10.8. The summed E-state index contributed by atoms with van der Waals surface area (Å²) in [6.45, 7) is 2.22. The highest BCUT2D eigenvalue weighted by Crippen LogP contribution is 2.13. The molecule has 0 spiro atoms. The van der Waals surface area contributed by atoms with Crippen molar-refractivity contribution in [3.05, 3.63) is 11.9 Å². The second-order valence-corrected chi connectivity index (χ2v) is 4.49. The van der Waals surface area contributed by atoms with E-state index >= 15 is 0 Å². The second-order valence-electron chi connectivity index (χ2n) is 4.49. The molecular weight excluding hydrogens is 188 g/mol. The third-order valence-corrected chi connectivity index (χ3v) is 2.73. The molecule has 86 valence electrons. The molecule has 0 N–H and O–H groups in total. The van der Waals surface area contributed by atoms with Crippen molar-refractivity contribution in [2.75, 3.05) is 55.4 Å². The number of amidine groups is 1. The quantitative estimate of drug-likeness (QED) is 0.342. The van der Waals surface area contributed by atoms with Crippen LogP contribution in [0.1, 0.15) is 0 Å². The van der Waals surface area contributed by atoms with E-state index in [9.17, 15) is 0 Å². The molecule has 1 aliphatic rings. The second kappa shape index (κ2) is 4.55. The molecule has 0 amide bonds. The van der Waals surface area contributed by atoms with Crippen molar-refractivity contribution in [2.45, 2.75) is 0 Å². The third kappa shape index (κ3) is 2.64. The topological polar surface area (TPSA) is 12.7 Å². The van der Waals surface area contributed by atoms with Crippen LogP contribution in [-0.4, -0.2) is 80.5 Å². The number of rotatable bonds is 1. The number of likely N-dealkylation sites (N-methyl/N-ethyl adjacent to an activating group) is 3. The average Bonchev–Trinajstić information content (AvgIpc) is 2.42. The van der Waals surface area contributed by atoms with Crippen molar-refractivity contribution in [3.63, 3.8) is 0 Å². The fraction of sp³-hybridized carbons (Fsp3) is 0.727. The van der Waals surface area contributed by atoms with Crippen molar-refractivity contribution >= 4 is 5.84 Å². The number of hydrogen-bond donors (Lipinski definition) is 0. The first-order valence-electron chi connectivity index (χ1n) is 5.29. The van der Waals surface area contributed by atoms with Crippen LogP contribution in [-0.2, 0) is 0 Å². The molecule has 0 aromatic rings. The van der Waals surface area contributed by atoms with E-state index in [1.54, 1.807) is 0 Å². The highest BCUT2D eigenvalue weighted by molar-refractivity contribution is 5.88. The van der Waals surface area contributed by atoms with Crippen LogP contribution in [0.3, 0.4) is 0 Å². The Hall–Kier alpha value is -1.19. The summed E-state index contributed by atoms with van der Waals surface area (Å²) in [5.41, 5.74) is 0. The first-order valence-corrected chi connectivity index (χ1v) is 5.29. The Balaban J connectivity index is 2.98. The predicted octanol–water partition coefficient (Wildman–Crippen LogP) is -0.0628. The lowest BCUT2D eigenvalue weighted by molar-refractivity contribution is -0.468. The predicted molar refractivity (Wildman–Crippen MR) is 64.1 cm³/mol. The van der Waals surface area contributed by atoms with E-state index in [2.05, 4.69) is 67.6 Å². The molecule has 0 aliphatic carbocycles. The van der Waals surface area contributed by atoms with Gasteiger partial charge in [0.2, 0.25) is 0 Å². The molecule has 0 saturated carbocycles. The number of hydrogen-bond acceptors (Lipinski definition) is 2. The van der Waals surface area contributed by atoms with Crippen molar-refractivity contribution in [1.29, 1.82) is 0 Å². The van der Waals surface area contributed by atoms with E-state index in [1.807, 2.05) is 0 Å². The van der Waals surface area contributed by atoms with Gasteiger partial charge in [-0.05, 0) is 0 Å². The molecule has 0 aromatic heterocycles. The summed E-state index contributed by atoms with van der Waals surface area (Å²) in [5, 5.41) is 0. The van der Waals surface area contributed by atoms with Crippen molar-refractivity contribution in [2.24, 2.45) is 0 Å². The molecule has 0 unspecified atom stereocenters. The molecule has 15 heavy (non-hydrogen) atoms. The summed E-state index contributed by atoms with van der Waals surface area (Å²) in [5.74, 6) is 2.50. The van der Waals surface area contributed by atoms with E-state index in [0.717, 1.165) is 13.1 Å². The van der Waals surface area contributed by atoms with E-state index in [0.29, 0.717) is 0 Å². The van der Waals surface area contributed by atoms with Gasteiger partial charge in [0.25, 0.3) is 5.84 Å². The number of nitrogens with zero attached hydrogens (tertiary/aromatic N) is 4. The van der Waals surface area contributed by atoms with Gasteiger partial charge in [-0.25, -0.2) is 0 Å². The van der Waals surface area contributed by atoms with Crippen LogP contribution in [0.25, 0.3) is 0 Å². The molecule has 1 fully saturated rings. The van der Waals surface area contributed by atoms with Crippen LogP contribution in [0.2, 0.25) is 0 Å². The maximum absolute atomic E-state index is 2.28. The molecular formula is C11H23N4+. The average molecular weight is 211 g/mol. The highest BCUT2D eigenvalue weighted by Gasteiger charge is 2.21. The Morgan fingerprint density at radius 2 is 1.67 bits per heavy atom. The molecule has 0 atom stereocenters. The summed E-state index contributed by atoms with van der Waals surface area (Å²) >= 11 is 0. The SMILES string of the molecule is CN(C)C(C=C1N(C)CCN1C)=[N+](C)C. The molecule has 0 bridgehead atoms. The van der Waals surface area contributed by atoms with Crippen LogP contribution in [0.4, 0.5) is 0 Å². The lowest BCUT2D eigenvalue weighted by Crippen LogP contribution is -2.30. The van der Waals surface area contributed by atoms with E-state index in [4.69, 9.17) is 0 Å². The van der Waals surface area contributed by atoms with Crippen LogP contribution >= 0.6 is 0 Å². The van der Waals surface area contributed by atoms with Crippen LogP contribution < -0.4 is 0 Å². The van der Waals surface area contributed by atoms with Crippen molar-refractivity contribution < 1.29 is 4.58 Å². The fourth-order valence-electron chi connectivity index (χ4n) is 1.81. The maximum atomic E-state index is 2.28. The minimum Gasteiger partial charge on any atom is -0.359 e. The molecule has 1 heterocycles. The van der Waals surface area contributed by atoms with Crippen LogP contribution in [0.15, 0.2) is 11.9 Å². The summed E-state index contributed by atoms with van der Waals surface area (Å²) in [4.78, 5) is 6.70. The molecule has 0 aromatic carbocycles. The summed E-state index contributed by atoms with van der Waals surface area (Å²) in [7, 11) is 12.6. The van der Waals surface area contributed by atoms with E-state index < -0.39 is 0 Å². The molecule has 4 heteroatoms. The van der Waals surface area contributed by atoms with Gasteiger partial charge >= 0.3 is 0 Å². The summed E-state index contributed by atoms with van der Waals surface area (Å²) < 4.78 is 2.13. The van der Waals surface area contributed by atoms with E-state index in [1.165, 1.54) is 11.7 Å². The van der Waals surface area contributed by atoms with Gasteiger partial charge in [0.05, 0.1) is 34.3 Å². The van der Waals surface area contributed by atoms with Gasteiger partial charge in [-0.3, -0.25) is 9.48 Å². The van der Waals surface area contributed by atoms with Gasteiger partial charge < -0.3 is 9.80 Å². The van der Waals surface area contributed by atoms with Crippen molar-refractivity contribution in [1.82, 2.24) is 14.7 Å². The lowest BCUT2D eigenvalue weighted by atomic mass is 10.4. The van der Waals surface area contributed by atoms with Gasteiger partial charge in [-0.15, -0.1) is 0 Å². The van der Waals surface area contributed by atoms with E-state index in [-0.39, 0.29) is 0 Å². The Kier molecular flexibility index (Phi) is 3.61. The first-order chi connectivity index (χ1) is 6.93. The smallest absolute Gasteiger partial charge is 0.274 e. The summed E-state index contributed by atoms with van der Waals surface area (Å²) in [6.07, 6.45) is 2.23. The minimum absolute atomic E-state index is 1.11. The Morgan fingerprint density at radius 3 is 2.00 bits per heavy atom. The van der Waals surface area contributed by atoms with Gasteiger partial charge in [0.1, 0.15) is 5.82 Å². The Bertz CT molecular complexity index is 275. The highest BCUT2D eigenvalue weighted by atomic mass is 15.4. The molecule has 1 aliphatic heterocycles. The Morgan fingerprint density at radius 1 is 1.20 bits per heavy atom. The largest absolute Gasteiger partial charge is 0.359 e. The molecule has 4 nitrogen and oxygen atoms in total. The van der Waals surface area contributed by atoms with Crippen LogP contribution in [0.5, 0.6) is 0 Å². The molecule has 1 rings (SSSR count). The molecule has 0 radical (unpaired) electrons. The van der Waals surface area contributed by atoms with Gasteiger partial charge in [0, 0.05) is 27.2 Å². The van der Waals surface area contributed by atoms with Crippen LogP contribution in [0, 0.1) is 0 Å². The normalized spacial score (nSPS) is 15.7. The minimum atomic E-state index is 1.11. The van der Waals surface area contributed by atoms with Gasteiger partial charge in [-0.1, -0.05) is 0 Å². The first kappa shape index (κ1) is 11.9. The fourth-order valence-corrected chi connectivity index (χ4v) is 1.81. The lowest BCUT2D eigenvalue weighted by Gasteiger charge is -2.18. The zero-order valence-corrected chi connectivity index (χ0v) is 10.8. The third-order valence-electron chi connectivity index (χ3n) is 2.73. The monoisotopic (exact) mass is 211 g/mol. The van der Waals surface area contributed by atoms with Gasteiger partial charge in [-0.2, -0.15) is 0 Å². The van der Waals surface area contributed by atoms with Gasteiger partial charge in [0.15, 0.2) is 0 Å². The standard InChI is InChI=1S/C11H23N4/c1-12(2)10(13(3)4)9-11-14(5)7-8-15(11)6/h9H,7-8H2,1-6H3/q+1. The Labute approximate surface area is 93.1 Å². The zero-order chi connectivity index (χ0) is 11.6. The molecule has 1 saturated heterocycles. The maximum Gasteiger partial charge on any atom is 0.274 e. The summed E-state index contributed by atoms with van der Waals surface area (Å²) in [6, 6.07) is 0. The van der Waals surface area contributed by atoms with Crippen molar-refractivity contribution in [3.8, 4) is 0 Å².